The molecule has 0 bridgehead atoms. The number of nitrogens with one attached hydrogen (secondary N) is 1. The van der Waals surface area contributed by atoms with Gasteiger partial charge in [-0.25, -0.2) is 4.68 Å². The van der Waals surface area contributed by atoms with Crippen LogP contribution in [0, 0.1) is 0 Å². The number of anilines is 1. The fourth-order valence-electron chi connectivity index (χ4n) is 3.35. The molecule has 1 aromatic heterocycles. The van der Waals surface area contributed by atoms with E-state index in [2.05, 4.69) is 21.2 Å². The highest BCUT2D eigenvalue weighted by atomic mass is 79.9. The molecular weight excluding hydrogens is 419 g/mol. The number of hydrogen-bond acceptors (Lipinski definition) is 2. The SMILES string of the molecule is FC(F)(F)c1ccc(-n2nc(-c3ccccc3Br)c3c2NCCCC3)cc1. The van der Waals surface area contributed by atoms with Gasteiger partial charge in [0.2, 0.25) is 0 Å². The van der Waals surface area contributed by atoms with Crippen molar-refractivity contribution in [2.75, 3.05) is 11.9 Å². The molecule has 1 aliphatic heterocycles. The average molecular weight is 436 g/mol. The van der Waals surface area contributed by atoms with E-state index in [0.717, 1.165) is 65.1 Å². The van der Waals surface area contributed by atoms with E-state index in [-0.39, 0.29) is 0 Å². The topological polar surface area (TPSA) is 29.9 Å². The van der Waals surface area contributed by atoms with Crippen LogP contribution in [0.25, 0.3) is 16.9 Å². The molecule has 7 heteroatoms. The Morgan fingerprint density at radius 2 is 1.74 bits per heavy atom. The Balaban J connectivity index is 1.85. The zero-order valence-electron chi connectivity index (χ0n) is 14.4. The van der Waals surface area contributed by atoms with Gasteiger partial charge in [0.15, 0.2) is 0 Å². The summed E-state index contributed by atoms with van der Waals surface area (Å²) in [6, 6.07) is 13.0. The summed E-state index contributed by atoms with van der Waals surface area (Å²) in [6.07, 6.45) is -1.40. The minimum Gasteiger partial charge on any atom is -0.370 e. The maximum absolute atomic E-state index is 12.9. The number of halogens is 4. The van der Waals surface area contributed by atoms with Gasteiger partial charge in [-0.05, 0) is 49.6 Å². The van der Waals surface area contributed by atoms with Gasteiger partial charge in [-0.3, -0.25) is 0 Å². The van der Waals surface area contributed by atoms with Crippen molar-refractivity contribution in [1.29, 1.82) is 0 Å². The molecule has 0 unspecified atom stereocenters. The van der Waals surface area contributed by atoms with E-state index in [1.54, 1.807) is 4.68 Å². The molecule has 1 aliphatic rings. The summed E-state index contributed by atoms with van der Waals surface area (Å²) in [7, 11) is 0. The largest absolute Gasteiger partial charge is 0.416 e. The zero-order chi connectivity index (χ0) is 19.0. The zero-order valence-corrected chi connectivity index (χ0v) is 15.9. The summed E-state index contributed by atoms with van der Waals surface area (Å²) in [6.45, 7) is 0.814. The van der Waals surface area contributed by atoms with Crippen LogP contribution in [0.1, 0.15) is 24.0 Å². The fourth-order valence-corrected chi connectivity index (χ4v) is 3.82. The van der Waals surface area contributed by atoms with Crippen molar-refractivity contribution in [3.05, 3.63) is 64.1 Å². The fraction of sp³-hybridized carbons (Fsp3) is 0.250. The van der Waals surface area contributed by atoms with Gasteiger partial charge in [0, 0.05) is 22.1 Å². The molecule has 0 fully saturated rings. The lowest BCUT2D eigenvalue weighted by Crippen LogP contribution is -2.08. The van der Waals surface area contributed by atoms with Crippen LogP contribution in [0.15, 0.2) is 53.0 Å². The first-order valence-corrected chi connectivity index (χ1v) is 9.53. The Morgan fingerprint density at radius 1 is 1.00 bits per heavy atom. The monoisotopic (exact) mass is 435 g/mol. The van der Waals surface area contributed by atoms with Crippen LogP contribution in [0.2, 0.25) is 0 Å². The normalized spacial score (nSPS) is 14.4. The molecule has 0 amide bonds. The summed E-state index contributed by atoms with van der Waals surface area (Å²) in [5.41, 5.74) is 2.87. The Kier molecular flexibility index (Phi) is 4.72. The number of alkyl halides is 3. The smallest absolute Gasteiger partial charge is 0.370 e. The Morgan fingerprint density at radius 3 is 2.44 bits per heavy atom. The minimum absolute atomic E-state index is 0.604. The first-order chi connectivity index (χ1) is 12.9. The van der Waals surface area contributed by atoms with Gasteiger partial charge >= 0.3 is 6.18 Å². The van der Waals surface area contributed by atoms with E-state index in [1.165, 1.54) is 12.1 Å². The third-order valence-corrected chi connectivity index (χ3v) is 5.39. The van der Waals surface area contributed by atoms with Crippen molar-refractivity contribution in [1.82, 2.24) is 9.78 Å². The van der Waals surface area contributed by atoms with Gasteiger partial charge in [-0.2, -0.15) is 18.3 Å². The molecule has 3 nitrogen and oxygen atoms in total. The molecule has 3 aromatic rings. The Bertz CT molecular complexity index is 962. The maximum Gasteiger partial charge on any atom is 0.416 e. The van der Waals surface area contributed by atoms with E-state index in [1.807, 2.05) is 24.3 Å². The molecule has 0 saturated carbocycles. The molecule has 0 atom stereocenters. The average Bonchev–Trinajstić information content (AvgIpc) is 2.83. The predicted molar refractivity (Wildman–Crippen MR) is 103 cm³/mol. The standard InChI is InChI=1S/C20H17BrF3N3/c21-17-7-2-1-5-15(17)18-16-6-3-4-12-25-19(16)27(26-18)14-10-8-13(9-11-14)20(22,23)24/h1-2,5,7-11,25H,3-4,6,12H2. The summed E-state index contributed by atoms with van der Waals surface area (Å²) >= 11 is 3.58. The summed E-state index contributed by atoms with van der Waals surface area (Å²) in [4.78, 5) is 0. The van der Waals surface area contributed by atoms with Crippen LogP contribution in [0.4, 0.5) is 19.0 Å². The highest BCUT2D eigenvalue weighted by Crippen LogP contribution is 2.37. The van der Waals surface area contributed by atoms with Crippen molar-refractivity contribution >= 4 is 21.7 Å². The van der Waals surface area contributed by atoms with E-state index in [9.17, 15) is 13.2 Å². The van der Waals surface area contributed by atoms with Crippen LogP contribution in [-0.2, 0) is 12.6 Å². The van der Waals surface area contributed by atoms with E-state index >= 15 is 0 Å². The third-order valence-electron chi connectivity index (χ3n) is 4.70. The highest BCUT2D eigenvalue weighted by Gasteiger charge is 2.30. The van der Waals surface area contributed by atoms with Gasteiger partial charge in [0.05, 0.1) is 16.9 Å². The minimum atomic E-state index is -4.35. The van der Waals surface area contributed by atoms with Crippen molar-refractivity contribution in [2.24, 2.45) is 0 Å². The highest BCUT2D eigenvalue weighted by molar-refractivity contribution is 9.10. The Labute approximate surface area is 163 Å². The first kappa shape index (κ1) is 18.1. The van der Waals surface area contributed by atoms with E-state index < -0.39 is 11.7 Å². The number of rotatable bonds is 2. The summed E-state index contributed by atoms with van der Waals surface area (Å²) in [5, 5.41) is 8.18. The second-order valence-corrected chi connectivity index (χ2v) is 7.35. The molecular formula is C20H17BrF3N3. The molecule has 0 saturated heterocycles. The molecule has 0 radical (unpaired) electrons. The number of aromatic nitrogens is 2. The predicted octanol–water partition coefficient (Wildman–Crippen LogP) is 6.07. The molecule has 1 N–H and O–H groups in total. The molecule has 2 aromatic carbocycles. The van der Waals surface area contributed by atoms with E-state index in [0.29, 0.717) is 5.69 Å². The molecule has 0 aliphatic carbocycles. The van der Waals surface area contributed by atoms with Gasteiger partial charge in [-0.15, -0.1) is 0 Å². The van der Waals surface area contributed by atoms with Gasteiger partial charge < -0.3 is 5.32 Å². The second-order valence-electron chi connectivity index (χ2n) is 6.50. The van der Waals surface area contributed by atoms with Crippen LogP contribution in [0.3, 0.4) is 0 Å². The van der Waals surface area contributed by atoms with E-state index in [4.69, 9.17) is 5.10 Å². The molecule has 0 spiro atoms. The van der Waals surface area contributed by atoms with Gasteiger partial charge in [0.25, 0.3) is 0 Å². The van der Waals surface area contributed by atoms with Crippen molar-refractivity contribution < 1.29 is 13.2 Å². The number of benzene rings is 2. The lowest BCUT2D eigenvalue weighted by molar-refractivity contribution is -0.137. The van der Waals surface area contributed by atoms with Crippen molar-refractivity contribution in [3.63, 3.8) is 0 Å². The third kappa shape index (κ3) is 3.48. The van der Waals surface area contributed by atoms with Gasteiger partial charge in [-0.1, -0.05) is 34.1 Å². The molecule has 140 valence electrons. The lowest BCUT2D eigenvalue weighted by atomic mass is 10.0. The number of nitrogens with zero attached hydrogens (tertiary/aromatic N) is 2. The van der Waals surface area contributed by atoms with Crippen molar-refractivity contribution in [2.45, 2.75) is 25.4 Å². The number of fused-ring (bicyclic) bond motifs is 1. The van der Waals surface area contributed by atoms with Crippen LogP contribution < -0.4 is 5.32 Å². The van der Waals surface area contributed by atoms with Crippen LogP contribution in [-0.4, -0.2) is 16.3 Å². The van der Waals surface area contributed by atoms with Gasteiger partial charge in [0.1, 0.15) is 5.82 Å². The summed E-state index contributed by atoms with van der Waals surface area (Å²) in [5.74, 6) is 0.859. The quantitative estimate of drug-likeness (QED) is 0.529. The molecule has 27 heavy (non-hydrogen) atoms. The number of hydrogen-bond donors (Lipinski definition) is 1. The molecule has 2 heterocycles. The van der Waals surface area contributed by atoms with Crippen LogP contribution >= 0.6 is 15.9 Å². The lowest BCUT2D eigenvalue weighted by Gasteiger charge is -2.11. The summed E-state index contributed by atoms with van der Waals surface area (Å²) < 4.78 is 41.3. The first-order valence-electron chi connectivity index (χ1n) is 8.73. The maximum atomic E-state index is 12.9. The van der Waals surface area contributed by atoms with Crippen molar-refractivity contribution in [3.8, 4) is 16.9 Å². The Hall–Kier alpha value is -2.28. The second kappa shape index (κ2) is 7.03. The van der Waals surface area contributed by atoms with Crippen LogP contribution in [0.5, 0.6) is 0 Å². The molecule has 4 rings (SSSR count).